The maximum atomic E-state index is 12.4. The molecule has 4 aromatic rings. The summed E-state index contributed by atoms with van der Waals surface area (Å²) in [6.45, 7) is 2.55. The molecule has 0 aliphatic carbocycles. The van der Waals surface area contributed by atoms with Gasteiger partial charge in [-0.3, -0.25) is 4.79 Å². The molecule has 31 heavy (non-hydrogen) atoms. The van der Waals surface area contributed by atoms with Crippen LogP contribution in [-0.2, 0) is 4.79 Å². The van der Waals surface area contributed by atoms with Gasteiger partial charge in [-0.15, -0.1) is 11.8 Å². The molecule has 4 rings (SSSR count). The standard InChI is InChI=1S/C24H20BrN3O2S/c1-2-30-18-11-12-22-20(13-18)24(19-5-3-4-6-21(19)27-22)31-15-23(29)28-26-14-16-7-9-17(25)10-8-16/h3-14H,2,15H2,1H3,(H,28,29)/b26-14+. The van der Waals surface area contributed by atoms with Gasteiger partial charge in [-0.2, -0.15) is 5.10 Å². The van der Waals surface area contributed by atoms with Crippen molar-refractivity contribution in [1.29, 1.82) is 0 Å². The summed E-state index contributed by atoms with van der Waals surface area (Å²) >= 11 is 4.87. The lowest BCUT2D eigenvalue weighted by molar-refractivity contribution is -0.118. The Labute approximate surface area is 193 Å². The number of rotatable bonds is 7. The van der Waals surface area contributed by atoms with Crippen LogP contribution in [0.2, 0.25) is 0 Å². The largest absolute Gasteiger partial charge is 0.494 e. The molecule has 1 aromatic heterocycles. The van der Waals surface area contributed by atoms with E-state index < -0.39 is 0 Å². The molecule has 1 amide bonds. The third-order valence-corrected chi connectivity index (χ3v) is 6.20. The van der Waals surface area contributed by atoms with Gasteiger partial charge in [0.05, 0.1) is 29.6 Å². The van der Waals surface area contributed by atoms with E-state index in [9.17, 15) is 4.79 Å². The Bertz CT molecular complexity index is 1260. The minimum absolute atomic E-state index is 0.173. The molecule has 0 atom stereocenters. The van der Waals surface area contributed by atoms with Crippen molar-refractivity contribution in [1.82, 2.24) is 10.4 Å². The number of para-hydroxylation sites is 1. The number of hydrogen-bond donors (Lipinski definition) is 1. The zero-order chi connectivity index (χ0) is 21.6. The second kappa shape index (κ2) is 9.94. The molecule has 0 fully saturated rings. The highest BCUT2D eigenvalue weighted by atomic mass is 79.9. The highest BCUT2D eigenvalue weighted by molar-refractivity contribution is 9.10. The lowest BCUT2D eigenvalue weighted by Gasteiger charge is -2.12. The molecular formula is C24H20BrN3O2S. The van der Waals surface area contributed by atoms with E-state index in [2.05, 4.69) is 26.5 Å². The van der Waals surface area contributed by atoms with Crippen LogP contribution in [0.5, 0.6) is 5.75 Å². The molecule has 0 bridgehead atoms. The predicted molar refractivity (Wildman–Crippen MR) is 131 cm³/mol. The first-order valence-electron chi connectivity index (χ1n) is 9.79. The second-order valence-electron chi connectivity index (χ2n) is 6.70. The maximum Gasteiger partial charge on any atom is 0.250 e. The van der Waals surface area contributed by atoms with Gasteiger partial charge in [0, 0.05) is 20.1 Å². The van der Waals surface area contributed by atoms with Crippen molar-refractivity contribution in [2.45, 2.75) is 11.8 Å². The summed E-state index contributed by atoms with van der Waals surface area (Å²) in [4.78, 5) is 18.2. The minimum atomic E-state index is -0.173. The lowest BCUT2D eigenvalue weighted by atomic mass is 10.1. The van der Waals surface area contributed by atoms with Gasteiger partial charge in [-0.25, -0.2) is 10.4 Å². The highest BCUT2D eigenvalue weighted by Crippen LogP contribution is 2.35. The van der Waals surface area contributed by atoms with Crippen molar-refractivity contribution < 1.29 is 9.53 Å². The molecule has 1 N–H and O–H groups in total. The zero-order valence-electron chi connectivity index (χ0n) is 16.8. The fourth-order valence-corrected chi connectivity index (χ4v) is 4.39. The number of thioether (sulfide) groups is 1. The quantitative estimate of drug-likeness (QED) is 0.153. The van der Waals surface area contributed by atoms with E-state index in [1.807, 2.05) is 73.7 Å². The van der Waals surface area contributed by atoms with Gasteiger partial charge in [0.25, 0.3) is 0 Å². The molecule has 0 aliphatic heterocycles. The molecule has 0 spiro atoms. The average Bonchev–Trinajstić information content (AvgIpc) is 2.78. The van der Waals surface area contributed by atoms with Gasteiger partial charge in [0.1, 0.15) is 5.75 Å². The van der Waals surface area contributed by atoms with Crippen molar-refractivity contribution >= 4 is 61.6 Å². The summed E-state index contributed by atoms with van der Waals surface area (Å²) in [5.41, 5.74) is 5.28. The number of fused-ring (bicyclic) bond motifs is 2. The van der Waals surface area contributed by atoms with E-state index in [0.29, 0.717) is 6.61 Å². The molecule has 0 saturated heterocycles. The van der Waals surface area contributed by atoms with Crippen molar-refractivity contribution in [2.24, 2.45) is 5.10 Å². The summed E-state index contributed by atoms with van der Waals surface area (Å²) in [6.07, 6.45) is 1.63. The molecule has 7 heteroatoms. The topological polar surface area (TPSA) is 63.6 Å². The summed E-state index contributed by atoms with van der Waals surface area (Å²) in [6, 6.07) is 21.5. The predicted octanol–water partition coefficient (Wildman–Crippen LogP) is 5.79. The number of carbonyl (C=O) groups excluding carboxylic acids is 1. The first-order valence-corrected chi connectivity index (χ1v) is 11.6. The van der Waals surface area contributed by atoms with E-state index in [-0.39, 0.29) is 11.7 Å². The fraction of sp³-hybridized carbons (Fsp3) is 0.125. The number of hydrazone groups is 1. The Morgan fingerprint density at radius 3 is 2.68 bits per heavy atom. The molecule has 1 heterocycles. The van der Waals surface area contributed by atoms with Gasteiger partial charge >= 0.3 is 0 Å². The van der Waals surface area contributed by atoms with Crippen LogP contribution in [0.15, 0.2) is 81.2 Å². The maximum absolute atomic E-state index is 12.4. The average molecular weight is 494 g/mol. The highest BCUT2D eigenvalue weighted by Gasteiger charge is 2.12. The fourth-order valence-electron chi connectivity index (χ4n) is 3.14. The molecule has 5 nitrogen and oxygen atoms in total. The van der Waals surface area contributed by atoms with Gasteiger partial charge in [0.2, 0.25) is 5.91 Å². The van der Waals surface area contributed by atoms with Crippen LogP contribution in [0.1, 0.15) is 12.5 Å². The Hall–Kier alpha value is -2.90. The molecule has 0 aliphatic rings. The van der Waals surface area contributed by atoms with Crippen molar-refractivity contribution in [2.75, 3.05) is 12.4 Å². The van der Waals surface area contributed by atoms with Gasteiger partial charge in [-0.05, 0) is 48.9 Å². The summed E-state index contributed by atoms with van der Waals surface area (Å²) in [5.74, 6) is 0.852. The van der Waals surface area contributed by atoms with Crippen LogP contribution in [0, 0.1) is 0 Å². The first-order chi connectivity index (χ1) is 15.1. The van der Waals surface area contributed by atoms with Gasteiger partial charge < -0.3 is 4.74 Å². The number of pyridine rings is 1. The number of aromatic nitrogens is 1. The molecule has 156 valence electrons. The molecule has 0 saturated carbocycles. The second-order valence-corrected chi connectivity index (χ2v) is 8.60. The van der Waals surface area contributed by atoms with Crippen molar-refractivity contribution in [3.8, 4) is 5.75 Å². The zero-order valence-corrected chi connectivity index (χ0v) is 19.2. The molecule has 3 aromatic carbocycles. The van der Waals surface area contributed by atoms with E-state index >= 15 is 0 Å². The Balaban J connectivity index is 1.55. The minimum Gasteiger partial charge on any atom is -0.494 e. The Kier molecular flexibility index (Phi) is 6.84. The van der Waals surface area contributed by atoms with Crippen LogP contribution >= 0.6 is 27.7 Å². The summed E-state index contributed by atoms with van der Waals surface area (Å²) in [5, 5.41) is 6.05. The van der Waals surface area contributed by atoms with Crippen LogP contribution < -0.4 is 10.2 Å². The molecular weight excluding hydrogens is 474 g/mol. The van der Waals surface area contributed by atoms with Crippen LogP contribution in [-0.4, -0.2) is 29.5 Å². The van der Waals surface area contributed by atoms with Crippen molar-refractivity contribution in [3.63, 3.8) is 0 Å². The van der Waals surface area contributed by atoms with Crippen molar-refractivity contribution in [3.05, 3.63) is 76.8 Å². The number of nitrogens with zero attached hydrogens (tertiary/aromatic N) is 2. The Morgan fingerprint density at radius 2 is 1.87 bits per heavy atom. The SMILES string of the molecule is CCOc1ccc2nc3ccccc3c(SCC(=O)N/N=C/c3ccc(Br)cc3)c2c1. The van der Waals surface area contributed by atoms with Gasteiger partial charge in [-0.1, -0.05) is 46.3 Å². The van der Waals surface area contributed by atoms with E-state index in [1.54, 1.807) is 6.21 Å². The Morgan fingerprint density at radius 1 is 1.10 bits per heavy atom. The third-order valence-electron chi connectivity index (χ3n) is 4.53. The van der Waals surface area contributed by atoms with Crippen LogP contribution in [0.4, 0.5) is 0 Å². The molecule has 0 radical (unpaired) electrons. The number of hydrogen-bond acceptors (Lipinski definition) is 5. The number of nitrogens with one attached hydrogen (secondary N) is 1. The third kappa shape index (κ3) is 5.24. The first kappa shape index (κ1) is 21.3. The van der Waals surface area contributed by atoms with Gasteiger partial charge in [0.15, 0.2) is 0 Å². The van der Waals surface area contributed by atoms with Crippen LogP contribution in [0.3, 0.4) is 0 Å². The summed E-state index contributed by atoms with van der Waals surface area (Å²) < 4.78 is 6.67. The smallest absolute Gasteiger partial charge is 0.250 e. The van der Waals surface area contributed by atoms with E-state index in [0.717, 1.165) is 42.5 Å². The monoisotopic (exact) mass is 493 g/mol. The number of carbonyl (C=O) groups is 1. The van der Waals surface area contributed by atoms with E-state index in [1.165, 1.54) is 11.8 Å². The molecule has 0 unspecified atom stereocenters. The number of benzene rings is 3. The normalized spacial score (nSPS) is 11.3. The summed E-state index contributed by atoms with van der Waals surface area (Å²) in [7, 11) is 0. The lowest BCUT2D eigenvalue weighted by Crippen LogP contribution is -2.19. The number of halogens is 1. The van der Waals surface area contributed by atoms with Crippen LogP contribution in [0.25, 0.3) is 21.8 Å². The van der Waals surface area contributed by atoms with E-state index in [4.69, 9.17) is 9.72 Å². The number of amides is 1. The number of ether oxygens (including phenoxy) is 1.